The van der Waals surface area contributed by atoms with Gasteiger partial charge in [-0.25, -0.2) is 9.37 Å². The average molecular weight is 372 g/mol. The Morgan fingerprint density at radius 1 is 1.50 bits per heavy atom. The summed E-state index contributed by atoms with van der Waals surface area (Å²) in [5.74, 6) is -0.400. The lowest BCUT2D eigenvalue weighted by Crippen LogP contribution is -2.53. The van der Waals surface area contributed by atoms with Crippen LogP contribution >= 0.6 is 23.7 Å². The number of nitrogens with one attached hydrogen (secondary N) is 2. The first kappa shape index (κ1) is 18.8. The number of anilines is 1. The van der Waals surface area contributed by atoms with Gasteiger partial charge in [-0.2, -0.15) is 0 Å². The zero-order valence-corrected chi connectivity index (χ0v) is 15.0. The molecule has 2 atom stereocenters. The maximum Gasteiger partial charge on any atom is 0.245 e. The zero-order chi connectivity index (χ0) is 16.4. The van der Waals surface area contributed by atoms with Crippen LogP contribution in [0, 0.1) is 12.7 Å². The van der Waals surface area contributed by atoms with Crippen LogP contribution in [-0.4, -0.2) is 36.2 Å². The maximum absolute atomic E-state index is 13.3. The van der Waals surface area contributed by atoms with Gasteiger partial charge in [-0.3, -0.25) is 4.79 Å². The van der Waals surface area contributed by atoms with E-state index in [2.05, 4.69) is 15.6 Å². The third-order valence-corrected chi connectivity index (χ3v) is 4.54. The van der Waals surface area contributed by atoms with Crippen molar-refractivity contribution >= 4 is 34.8 Å². The first-order chi connectivity index (χ1) is 11.0. The highest BCUT2D eigenvalue weighted by molar-refractivity contribution is 7.14. The summed E-state index contributed by atoms with van der Waals surface area (Å²) >= 11 is 1.34. The fourth-order valence-corrected chi connectivity index (χ4v) is 3.20. The molecule has 0 unspecified atom stereocenters. The molecule has 3 rings (SSSR count). The summed E-state index contributed by atoms with van der Waals surface area (Å²) < 4.78 is 18.8. The van der Waals surface area contributed by atoms with Crippen molar-refractivity contribution < 1.29 is 13.9 Å². The summed E-state index contributed by atoms with van der Waals surface area (Å²) in [7, 11) is 0. The summed E-state index contributed by atoms with van der Waals surface area (Å²) in [5, 5.41) is 8.31. The molecular formula is C16H19ClFN3O2S. The number of amides is 1. The summed E-state index contributed by atoms with van der Waals surface area (Å²) in [6.45, 7) is 4.84. The third-order valence-electron chi connectivity index (χ3n) is 3.79. The number of ether oxygens (including phenoxy) is 1. The quantitative estimate of drug-likeness (QED) is 0.870. The van der Waals surface area contributed by atoms with Gasteiger partial charge in [0.15, 0.2) is 5.13 Å². The van der Waals surface area contributed by atoms with Crippen LogP contribution in [-0.2, 0) is 9.53 Å². The Hall–Kier alpha value is -1.54. The number of carbonyl (C=O) groups is 1. The van der Waals surface area contributed by atoms with E-state index in [0.29, 0.717) is 29.5 Å². The number of morpholine rings is 1. The number of carbonyl (C=O) groups excluding carboxylic acids is 1. The van der Waals surface area contributed by atoms with Gasteiger partial charge in [-0.1, -0.05) is 0 Å². The van der Waals surface area contributed by atoms with Crippen LogP contribution in [0.25, 0.3) is 11.3 Å². The Morgan fingerprint density at radius 3 is 3.00 bits per heavy atom. The number of hydrogen-bond acceptors (Lipinski definition) is 5. The van der Waals surface area contributed by atoms with Crippen LogP contribution in [0.2, 0.25) is 0 Å². The average Bonchev–Trinajstić information content (AvgIpc) is 2.99. The molecule has 2 aromatic rings. The first-order valence-electron chi connectivity index (χ1n) is 7.42. The second-order valence-corrected chi connectivity index (χ2v) is 6.36. The highest BCUT2D eigenvalue weighted by Crippen LogP contribution is 2.26. The van der Waals surface area contributed by atoms with Gasteiger partial charge in [0.1, 0.15) is 11.9 Å². The molecule has 1 aromatic carbocycles. The minimum Gasteiger partial charge on any atom is -0.375 e. The van der Waals surface area contributed by atoms with Gasteiger partial charge in [0.25, 0.3) is 0 Å². The first-order valence-corrected chi connectivity index (χ1v) is 8.30. The van der Waals surface area contributed by atoms with Crippen molar-refractivity contribution in [2.75, 3.05) is 18.5 Å². The standard InChI is InChI=1S/C16H18FN3O2S.ClH/c1-9-7-11(3-4-12(9)17)13-8-23-16(19-13)20-15(21)14-10(2)22-6-5-18-14;/h3-4,7-8,10,14,18H,5-6H2,1-2H3,(H,19,20,21);1H/t10-,14+;/m1./s1. The number of hydrogen-bond donors (Lipinski definition) is 2. The maximum atomic E-state index is 13.3. The highest BCUT2D eigenvalue weighted by atomic mass is 35.5. The van der Waals surface area contributed by atoms with Gasteiger partial charge in [0, 0.05) is 17.5 Å². The van der Waals surface area contributed by atoms with E-state index in [1.54, 1.807) is 19.1 Å². The van der Waals surface area contributed by atoms with E-state index < -0.39 is 0 Å². The van der Waals surface area contributed by atoms with Crippen LogP contribution in [0.1, 0.15) is 12.5 Å². The molecule has 0 saturated carbocycles. The molecule has 5 nitrogen and oxygen atoms in total. The molecular weight excluding hydrogens is 353 g/mol. The molecule has 2 heterocycles. The lowest BCUT2D eigenvalue weighted by molar-refractivity contribution is -0.123. The second-order valence-electron chi connectivity index (χ2n) is 5.50. The van der Waals surface area contributed by atoms with Gasteiger partial charge in [-0.05, 0) is 37.6 Å². The van der Waals surface area contributed by atoms with Gasteiger partial charge >= 0.3 is 0 Å². The van der Waals surface area contributed by atoms with E-state index in [0.717, 1.165) is 5.56 Å². The van der Waals surface area contributed by atoms with E-state index in [1.165, 1.54) is 17.4 Å². The number of aromatic nitrogens is 1. The molecule has 0 spiro atoms. The van der Waals surface area contributed by atoms with Crippen LogP contribution < -0.4 is 10.6 Å². The highest BCUT2D eigenvalue weighted by Gasteiger charge is 2.28. The Balaban J connectivity index is 0.00000208. The van der Waals surface area contributed by atoms with Crippen LogP contribution in [0.15, 0.2) is 23.6 Å². The summed E-state index contributed by atoms with van der Waals surface area (Å²) in [6.07, 6.45) is -0.178. The van der Waals surface area contributed by atoms with Crippen LogP contribution in [0.3, 0.4) is 0 Å². The minimum atomic E-state index is -0.385. The number of benzene rings is 1. The van der Waals surface area contributed by atoms with Gasteiger partial charge in [0.2, 0.25) is 5.91 Å². The molecule has 2 N–H and O–H groups in total. The molecule has 0 aliphatic carbocycles. The molecule has 1 aromatic heterocycles. The van der Waals surface area contributed by atoms with E-state index >= 15 is 0 Å². The van der Waals surface area contributed by atoms with E-state index in [-0.39, 0.29) is 36.3 Å². The molecule has 1 aliphatic rings. The molecule has 0 bridgehead atoms. The molecule has 1 amide bonds. The Morgan fingerprint density at radius 2 is 2.29 bits per heavy atom. The van der Waals surface area contributed by atoms with Crippen molar-refractivity contribution in [1.29, 1.82) is 0 Å². The molecule has 1 aliphatic heterocycles. The topological polar surface area (TPSA) is 63.2 Å². The Bertz CT molecular complexity index is 725. The van der Waals surface area contributed by atoms with Gasteiger partial charge in [-0.15, -0.1) is 23.7 Å². The molecule has 24 heavy (non-hydrogen) atoms. The minimum absolute atomic E-state index is 0. The van der Waals surface area contributed by atoms with E-state index in [9.17, 15) is 9.18 Å². The number of rotatable bonds is 3. The normalized spacial score (nSPS) is 20.3. The monoisotopic (exact) mass is 371 g/mol. The van der Waals surface area contributed by atoms with Crippen molar-refractivity contribution in [3.8, 4) is 11.3 Å². The summed E-state index contributed by atoms with van der Waals surface area (Å²) in [5.41, 5.74) is 2.11. The van der Waals surface area contributed by atoms with Crippen LogP contribution in [0.4, 0.5) is 9.52 Å². The van der Waals surface area contributed by atoms with Crippen molar-refractivity contribution in [1.82, 2.24) is 10.3 Å². The molecule has 130 valence electrons. The summed E-state index contributed by atoms with van der Waals surface area (Å²) in [4.78, 5) is 16.7. The SMILES string of the molecule is Cc1cc(-c2csc(NC(=O)[C@H]3NCCO[C@@H]3C)n2)ccc1F.Cl. The van der Waals surface area contributed by atoms with Crippen molar-refractivity contribution in [3.05, 3.63) is 35.0 Å². The van der Waals surface area contributed by atoms with Crippen molar-refractivity contribution in [3.63, 3.8) is 0 Å². The van der Waals surface area contributed by atoms with Crippen molar-refractivity contribution in [2.24, 2.45) is 0 Å². The Labute approximate surface area is 150 Å². The third kappa shape index (κ3) is 4.10. The number of halogens is 2. The fourth-order valence-electron chi connectivity index (χ4n) is 2.48. The van der Waals surface area contributed by atoms with Gasteiger partial charge in [0.05, 0.1) is 18.4 Å². The predicted octanol–water partition coefficient (Wildman–Crippen LogP) is 2.99. The Kier molecular flexibility index (Phi) is 6.28. The van der Waals surface area contributed by atoms with E-state index in [4.69, 9.17) is 4.74 Å². The fraction of sp³-hybridized carbons (Fsp3) is 0.375. The van der Waals surface area contributed by atoms with Crippen LogP contribution in [0.5, 0.6) is 0 Å². The summed E-state index contributed by atoms with van der Waals surface area (Å²) in [6, 6.07) is 4.47. The zero-order valence-electron chi connectivity index (χ0n) is 13.3. The molecule has 8 heteroatoms. The smallest absolute Gasteiger partial charge is 0.245 e. The second kappa shape index (κ2) is 8.02. The lowest BCUT2D eigenvalue weighted by Gasteiger charge is -2.28. The predicted molar refractivity (Wildman–Crippen MR) is 95.3 cm³/mol. The molecule has 1 fully saturated rings. The molecule has 1 saturated heterocycles. The molecule has 0 radical (unpaired) electrons. The van der Waals surface area contributed by atoms with Crippen molar-refractivity contribution in [2.45, 2.75) is 26.0 Å². The van der Waals surface area contributed by atoms with Gasteiger partial charge < -0.3 is 15.4 Å². The number of aryl methyl sites for hydroxylation is 1. The number of nitrogens with zero attached hydrogens (tertiary/aromatic N) is 1. The number of thiazole rings is 1. The largest absolute Gasteiger partial charge is 0.375 e. The lowest BCUT2D eigenvalue weighted by atomic mass is 10.1. The van der Waals surface area contributed by atoms with E-state index in [1.807, 2.05) is 12.3 Å².